The van der Waals surface area contributed by atoms with E-state index in [2.05, 4.69) is 41.1 Å². The van der Waals surface area contributed by atoms with Crippen molar-refractivity contribution in [1.29, 1.82) is 0 Å². The van der Waals surface area contributed by atoms with Crippen molar-refractivity contribution in [3.05, 3.63) is 94.7 Å². The molecule has 2 aliphatic heterocycles. The number of imide groups is 1. The predicted molar refractivity (Wildman–Crippen MR) is 214 cm³/mol. The maximum Gasteiger partial charge on any atom is 0.256 e. The van der Waals surface area contributed by atoms with Crippen LogP contribution in [-0.2, 0) is 14.4 Å². The maximum absolute atomic E-state index is 15.3. The van der Waals surface area contributed by atoms with Crippen molar-refractivity contribution in [3.63, 3.8) is 0 Å². The number of carbonyl (C=O) groups excluding carboxylic acids is 3. The van der Waals surface area contributed by atoms with Gasteiger partial charge < -0.3 is 20.9 Å². The average molecular weight is 794 g/mol. The molecule has 2 saturated heterocycles. The minimum absolute atomic E-state index is 0.0516. The third-order valence-electron chi connectivity index (χ3n) is 12.4. The summed E-state index contributed by atoms with van der Waals surface area (Å²) >= 11 is 0. The highest BCUT2D eigenvalue weighted by Gasteiger charge is 2.33. The molecule has 4 aliphatic rings. The SMILES string of the molecule is O=C1CCC(Nc2ccc(C3CCN(C4CCC(NC(=O)C5CCC(Nc6ncc(F)c(-c7ccnc(-n8ccccc8=O)c7)n6)CC5)CC4)CC3)c(F)c2)C(=O)N1. The monoisotopic (exact) mass is 793 g/mol. The summed E-state index contributed by atoms with van der Waals surface area (Å²) in [5.41, 5.74) is 1.58. The van der Waals surface area contributed by atoms with Crippen molar-refractivity contribution < 1.29 is 23.2 Å². The summed E-state index contributed by atoms with van der Waals surface area (Å²) in [4.78, 5) is 64.7. The summed E-state index contributed by atoms with van der Waals surface area (Å²) in [7, 11) is 0. The van der Waals surface area contributed by atoms with E-state index in [1.165, 1.54) is 22.9 Å². The molecular weight excluding hydrogens is 745 g/mol. The molecular formula is C43H49F2N9O4. The van der Waals surface area contributed by atoms with Gasteiger partial charge in [0.25, 0.3) is 5.56 Å². The first kappa shape index (κ1) is 39.3. The summed E-state index contributed by atoms with van der Waals surface area (Å²) in [6.07, 6.45) is 13.6. The first-order valence-electron chi connectivity index (χ1n) is 20.5. The molecule has 13 nitrogen and oxygen atoms in total. The van der Waals surface area contributed by atoms with Crippen LogP contribution in [-0.4, -0.2) is 79.4 Å². The largest absolute Gasteiger partial charge is 0.374 e. The lowest BCUT2D eigenvalue weighted by Gasteiger charge is -2.41. The second kappa shape index (κ2) is 17.5. The van der Waals surface area contributed by atoms with Gasteiger partial charge in [0.2, 0.25) is 23.7 Å². The first-order chi connectivity index (χ1) is 28.2. The molecule has 0 spiro atoms. The molecule has 4 aromatic rings. The van der Waals surface area contributed by atoms with E-state index in [-0.39, 0.29) is 65.1 Å². The average Bonchev–Trinajstić information content (AvgIpc) is 3.23. The van der Waals surface area contributed by atoms with Gasteiger partial charge in [0.15, 0.2) is 5.82 Å². The molecule has 2 saturated carbocycles. The topological polar surface area (TPSA) is 163 Å². The van der Waals surface area contributed by atoms with Crippen LogP contribution in [0.1, 0.15) is 88.5 Å². The summed E-state index contributed by atoms with van der Waals surface area (Å²) in [6, 6.07) is 13.3. The zero-order valence-corrected chi connectivity index (χ0v) is 32.3. The van der Waals surface area contributed by atoms with Crippen molar-refractivity contribution in [2.24, 2.45) is 5.92 Å². The minimum atomic E-state index is -0.582. The van der Waals surface area contributed by atoms with Crippen LogP contribution >= 0.6 is 0 Å². The van der Waals surface area contributed by atoms with Gasteiger partial charge in [-0.25, -0.2) is 23.7 Å². The number of aromatic nitrogens is 4. The van der Waals surface area contributed by atoms with E-state index in [1.54, 1.807) is 30.5 Å². The molecule has 0 bridgehead atoms. The Morgan fingerprint density at radius 3 is 2.31 bits per heavy atom. The lowest BCUT2D eigenvalue weighted by molar-refractivity contribution is -0.133. The van der Waals surface area contributed by atoms with Crippen LogP contribution in [0.2, 0.25) is 0 Å². The number of amides is 3. The van der Waals surface area contributed by atoms with Crippen molar-refractivity contribution in [1.82, 2.24) is 35.1 Å². The van der Waals surface area contributed by atoms with Crippen molar-refractivity contribution in [2.75, 3.05) is 23.7 Å². The molecule has 304 valence electrons. The van der Waals surface area contributed by atoms with Gasteiger partial charge in [0.1, 0.15) is 23.4 Å². The van der Waals surface area contributed by atoms with Gasteiger partial charge in [-0.05, 0) is 126 Å². The van der Waals surface area contributed by atoms with Crippen LogP contribution in [0.15, 0.2) is 71.9 Å². The number of hydrogen-bond acceptors (Lipinski definition) is 10. The second-order valence-corrected chi connectivity index (χ2v) is 16.1. The quantitative estimate of drug-likeness (QED) is 0.152. The number of pyridine rings is 2. The zero-order chi connectivity index (χ0) is 40.2. The van der Waals surface area contributed by atoms with E-state index in [1.807, 2.05) is 12.1 Å². The van der Waals surface area contributed by atoms with E-state index in [9.17, 15) is 23.6 Å². The van der Waals surface area contributed by atoms with Gasteiger partial charge in [-0.1, -0.05) is 12.1 Å². The Morgan fingerprint density at radius 2 is 1.57 bits per heavy atom. The first-order valence-corrected chi connectivity index (χ1v) is 20.5. The molecule has 1 atom stereocenters. The third-order valence-corrected chi connectivity index (χ3v) is 12.4. The molecule has 5 heterocycles. The third kappa shape index (κ3) is 9.09. The van der Waals surface area contributed by atoms with Crippen LogP contribution in [0.25, 0.3) is 17.1 Å². The molecule has 3 aromatic heterocycles. The molecule has 58 heavy (non-hydrogen) atoms. The number of nitrogens with zero attached hydrogens (tertiary/aromatic N) is 5. The number of carbonyl (C=O) groups is 3. The molecule has 8 rings (SSSR count). The lowest BCUT2D eigenvalue weighted by Crippen LogP contribution is -2.47. The van der Waals surface area contributed by atoms with Gasteiger partial charge in [0, 0.05) is 60.2 Å². The number of hydrogen-bond donors (Lipinski definition) is 4. The molecule has 4 fully saturated rings. The molecule has 3 amide bonds. The van der Waals surface area contributed by atoms with E-state index in [0.29, 0.717) is 41.0 Å². The highest BCUT2D eigenvalue weighted by atomic mass is 19.1. The van der Waals surface area contributed by atoms with E-state index < -0.39 is 11.9 Å². The summed E-state index contributed by atoms with van der Waals surface area (Å²) in [5.74, 6) is -0.643. The van der Waals surface area contributed by atoms with Crippen molar-refractivity contribution in [3.8, 4) is 17.1 Å². The number of halogens is 2. The fraction of sp³-hybridized carbons (Fsp3) is 0.465. The van der Waals surface area contributed by atoms with Gasteiger partial charge in [-0.2, -0.15) is 0 Å². The van der Waals surface area contributed by atoms with E-state index >= 15 is 4.39 Å². The number of nitrogens with one attached hydrogen (secondary N) is 4. The molecule has 1 aromatic carbocycles. The van der Waals surface area contributed by atoms with Crippen LogP contribution in [0.3, 0.4) is 0 Å². The zero-order valence-electron chi connectivity index (χ0n) is 32.3. The highest BCUT2D eigenvalue weighted by Crippen LogP contribution is 2.35. The van der Waals surface area contributed by atoms with Crippen LogP contribution in [0.5, 0.6) is 0 Å². The van der Waals surface area contributed by atoms with Gasteiger partial charge in [0.05, 0.1) is 6.20 Å². The molecule has 0 radical (unpaired) electrons. The van der Waals surface area contributed by atoms with Crippen LogP contribution < -0.4 is 26.8 Å². The minimum Gasteiger partial charge on any atom is -0.374 e. The molecule has 4 N–H and O–H groups in total. The predicted octanol–water partition coefficient (Wildman–Crippen LogP) is 5.46. The standard InChI is InChI=1S/C43H49F2N9O4/c44-34-24-31(48-36-14-15-38(55)51-42(36)58)10-13-33(34)26-17-21-53(22-18-26)32-11-8-29(9-12-32)49-41(57)27-4-6-30(7-5-27)50-43-47-25-35(45)40(52-43)28-16-19-46-37(23-28)54-20-2-1-3-39(54)56/h1-3,10,13,16,19-20,23-27,29-30,32,36,48H,4-9,11-12,14-15,17-18,21-22H2,(H,49,57)(H,47,50,52)(H,51,55,58). The Bertz CT molecular complexity index is 2190. The van der Waals surface area contributed by atoms with Gasteiger partial charge in [-0.15, -0.1) is 0 Å². The van der Waals surface area contributed by atoms with Crippen molar-refractivity contribution in [2.45, 2.75) is 107 Å². The van der Waals surface area contributed by atoms with E-state index in [0.717, 1.165) is 83.5 Å². The fourth-order valence-corrected chi connectivity index (χ4v) is 9.10. The summed E-state index contributed by atoms with van der Waals surface area (Å²) in [5, 5.41) is 12.1. The Balaban J connectivity index is 0.760. The van der Waals surface area contributed by atoms with Gasteiger partial charge >= 0.3 is 0 Å². The van der Waals surface area contributed by atoms with Gasteiger partial charge in [-0.3, -0.25) is 29.1 Å². The van der Waals surface area contributed by atoms with Crippen LogP contribution in [0.4, 0.5) is 20.4 Å². The number of piperidine rings is 2. The highest BCUT2D eigenvalue weighted by molar-refractivity contribution is 6.01. The summed E-state index contributed by atoms with van der Waals surface area (Å²) in [6.45, 7) is 1.82. The number of likely N-dealkylation sites (tertiary alicyclic amines) is 1. The lowest BCUT2D eigenvalue weighted by atomic mass is 9.83. The fourth-order valence-electron chi connectivity index (χ4n) is 9.10. The van der Waals surface area contributed by atoms with E-state index in [4.69, 9.17) is 0 Å². The number of benzene rings is 1. The Morgan fingerprint density at radius 1 is 0.793 bits per heavy atom. The smallest absolute Gasteiger partial charge is 0.256 e. The number of anilines is 2. The normalized spacial score (nSPS) is 24.5. The molecule has 2 aliphatic carbocycles. The molecule has 1 unspecified atom stereocenters. The number of rotatable bonds is 10. The second-order valence-electron chi connectivity index (χ2n) is 16.1. The molecule has 15 heteroatoms. The summed E-state index contributed by atoms with van der Waals surface area (Å²) < 4.78 is 31.6. The Labute approximate surface area is 335 Å². The van der Waals surface area contributed by atoms with Crippen molar-refractivity contribution >= 4 is 29.4 Å². The maximum atomic E-state index is 15.3. The van der Waals surface area contributed by atoms with Crippen LogP contribution in [0, 0.1) is 17.6 Å². The Kier molecular flexibility index (Phi) is 11.9. The Hall–Kier alpha value is -5.57.